The molecule has 206 valence electrons. The van der Waals surface area contributed by atoms with Gasteiger partial charge in [0.05, 0.1) is 28.2 Å². The summed E-state index contributed by atoms with van der Waals surface area (Å²) in [7, 11) is 0. The average Bonchev–Trinajstić information content (AvgIpc) is 3.40. The number of pyridine rings is 1. The lowest BCUT2D eigenvalue weighted by molar-refractivity contribution is 0.723. The normalized spacial score (nSPS) is 13.6. The highest BCUT2D eigenvalue weighted by atomic mass is 15.2. The first-order valence-corrected chi connectivity index (χ1v) is 14.9. The lowest BCUT2D eigenvalue weighted by Gasteiger charge is -2.44. The van der Waals surface area contributed by atoms with E-state index in [2.05, 4.69) is 120 Å². The zero-order valence-electron chi connectivity index (χ0n) is 23.8. The first kappa shape index (κ1) is 24.7. The quantitative estimate of drug-likeness (QED) is 0.215. The van der Waals surface area contributed by atoms with Crippen LogP contribution < -0.4 is 4.90 Å². The van der Waals surface area contributed by atoms with Crippen LogP contribution in [0.3, 0.4) is 0 Å². The Hall–Kier alpha value is -5.87. The van der Waals surface area contributed by atoms with E-state index in [4.69, 9.17) is 15.0 Å². The van der Waals surface area contributed by atoms with Gasteiger partial charge in [0.25, 0.3) is 0 Å². The van der Waals surface area contributed by atoms with Crippen LogP contribution in [0.5, 0.6) is 0 Å². The third-order valence-electron chi connectivity index (χ3n) is 8.92. The second-order valence-corrected chi connectivity index (χ2v) is 11.2. The molecule has 0 bridgehead atoms. The summed E-state index contributed by atoms with van der Waals surface area (Å²) < 4.78 is 0. The van der Waals surface area contributed by atoms with E-state index >= 15 is 0 Å². The number of anilines is 3. The molecule has 0 fully saturated rings. The fourth-order valence-corrected chi connectivity index (χ4v) is 7.19. The van der Waals surface area contributed by atoms with Crippen LogP contribution >= 0.6 is 0 Å². The minimum atomic E-state index is -0.666. The fourth-order valence-electron chi connectivity index (χ4n) is 7.19. The van der Waals surface area contributed by atoms with E-state index in [9.17, 15) is 0 Å². The van der Waals surface area contributed by atoms with Gasteiger partial charge >= 0.3 is 0 Å². The molecule has 0 unspecified atom stereocenters. The van der Waals surface area contributed by atoms with Crippen LogP contribution in [0, 0.1) is 0 Å². The Bertz CT molecular complexity index is 2130. The first-order chi connectivity index (χ1) is 21.9. The highest BCUT2D eigenvalue weighted by Gasteiger charge is 2.54. The largest absolute Gasteiger partial charge is 0.310 e. The first-order valence-electron chi connectivity index (χ1n) is 14.9. The van der Waals surface area contributed by atoms with Gasteiger partial charge in [0, 0.05) is 23.0 Å². The number of fused-ring (bicyclic) bond motifs is 9. The SMILES string of the molecule is c1ccc(-c2nc(-c3ccccn3)c3c(n2)C2(c4ccccc4-3)c3ccccc3N(c3ccccc3)c3ccccc32)cc1. The molecule has 0 N–H and O–H groups in total. The van der Waals surface area contributed by atoms with Gasteiger partial charge in [0.2, 0.25) is 0 Å². The van der Waals surface area contributed by atoms with Gasteiger partial charge in [0.15, 0.2) is 5.82 Å². The van der Waals surface area contributed by atoms with E-state index in [1.54, 1.807) is 0 Å². The Morgan fingerprint density at radius 1 is 0.500 bits per heavy atom. The summed E-state index contributed by atoms with van der Waals surface area (Å²) >= 11 is 0. The van der Waals surface area contributed by atoms with Crippen molar-refractivity contribution < 1.29 is 0 Å². The van der Waals surface area contributed by atoms with Crippen molar-refractivity contribution in [3.05, 3.63) is 180 Å². The second kappa shape index (κ2) is 9.58. The smallest absolute Gasteiger partial charge is 0.160 e. The van der Waals surface area contributed by atoms with Crippen LogP contribution in [-0.2, 0) is 5.41 Å². The van der Waals surface area contributed by atoms with Gasteiger partial charge in [-0.05, 0) is 58.7 Å². The number of benzene rings is 5. The van der Waals surface area contributed by atoms with Crippen LogP contribution in [0.25, 0.3) is 33.9 Å². The topological polar surface area (TPSA) is 41.9 Å². The van der Waals surface area contributed by atoms with Gasteiger partial charge in [-0.1, -0.05) is 115 Å². The summed E-state index contributed by atoms with van der Waals surface area (Å²) in [6.07, 6.45) is 1.84. The minimum absolute atomic E-state index is 0.666. The molecule has 1 aliphatic heterocycles. The Kier molecular flexibility index (Phi) is 5.38. The lowest BCUT2D eigenvalue weighted by atomic mass is 9.66. The molecular formula is C40H26N4. The summed E-state index contributed by atoms with van der Waals surface area (Å²) in [5.74, 6) is 0.692. The molecule has 0 amide bonds. The molecule has 44 heavy (non-hydrogen) atoms. The van der Waals surface area contributed by atoms with Gasteiger partial charge in [-0.15, -0.1) is 0 Å². The molecule has 1 aliphatic carbocycles. The van der Waals surface area contributed by atoms with Gasteiger partial charge in [-0.3, -0.25) is 4.98 Å². The Labute approximate surface area is 256 Å². The van der Waals surface area contributed by atoms with Crippen molar-refractivity contribution in [1.29, 1.82) is 0 Å². The molecule has 9 rings (SSSR count). The molecule has 0 atom stereocenters. The predicted octanol–water partition coefficient (Wildman–Crippen LogP) is 9.35. The highest BCUT2D eigenvalue weighted by molar-refractivity contribution is 5.98. The number of hydrogen-bond donors (Lipinski definition) is 0. The molecule has 5 aromatic carbocycles. The van der Waals surface area contributed by atoms with Gasteiger partial charge in [-0.2, -0.15) is 0 Å². The number of hydrogen-bond acceptors (Lipinski definition) is 4. The summed E-state index contributed by atoms with van der Waals surface area (Å²) in [5.41, 5.74) is 12.1. The Morgan fingerprint density at radius 3 is 1.77 bits per heavy atom. The van der Waals surface area contributed by atoms with Crippen molar-refractivity contribution in [2.75, 3.05) is 4.90 Å². The van der Waals surface area contributed by atoms with Crippen molar-refractivity contribution >= 4 is 17.1 Å². The zero-order chi connectivity index (χ0) is 29.1. The highest BCUT2D eigenvalue weighted by Crippen LogP contribution is 2.63. The van der Waals surface area contributed by atoms with Crippen LogP contribution in [0.15, 0.2) is 158 Å². The van der Waals surface area contributed by atoms with Crippen LogP contribution in [0.4, 0.5) is 17.1 Å². The van der Waals surface area contributed by atoms with E-state index in [0.29, 0.717) is 5.82 Å². The van der Waals surface area contributed by atoms with Crippen molar-refractivity contribution in [1.82, 2.24) is 15.0 Å². The third kappa shape index (κ3) is 3.36. The van der Waals surface area contributed by atoms with E-state index < -0.39 is 5.41 Å². The van der Waals surface area contributed by atoms with Crippen LogP contribution in [-0.4, -0.2) is 15.0 Å². The van der Waals surface area contributed by atoms with Crippen LogP contribution in [0.1, 0.15) is 22.4 Å². The van der Waals surface area contributed by atoms with Crippen molar-refractivity contribution in [2.45, 2.75) is 5.41 Å². The van der Waals surface area contributed by atoms with Gasteiger partial charge in [0.1, 0.15) is 5.69 Å². The van der Waals surface area contributed by atoms with Gasteiger partial charge in [-0.25, -0.2) is 9.97 Å². The molecule has 0 saturated carbocycles. The summed E-state index contributed by atoms with van der Waals surface area (Å²) in [5, 5.41) is 0. The monoisotopic (exact) mass is 562 g/mol. The Balaban J connectivity index is 1.46. The number of para-hydroxylation sites is 3. The van der Waals surface area contributed by atoms with Crippen molar-refractivity contribution in [3.8, 4) is 33.9 Å². The molecular weight excluding hydrogens is 536 g/mol. The molecule has 0 saturated heterocycles. The molecule has 0 radical (unpaired) electrons. The minimum Gasteiger partial charge on any atom is -0.310 e. The van der Waals surface area contributed by atoms with Crippen molar-refractivity contribution in [2.24, 2.45) is 0 Å². The second-order valence-electron chi connectivity index (χ2n) is 11.2. The maximum Gasteiger partial charge on any atom is 0.160 e. The molecule has 2 aromatic heterocycles. The molecule has 7 aromatic rings. The number of rotatable bonds is 3. The van der Waals surface area contributed by atoms with Gasteiger partial charge < -0.3 is 4.90 Å². The number of aromatic nitrogens is 3. The van der Waals surface area contributed by atoms with E-state index in [1.165, 1.54) is 16.7 Å². The fraction of sp³-hybridized carbons (Fsp3) is 0.0250. The Morgan fingerprint density at radius 2 is 1.09 bits per heavy atom. The molecule has 2 aliphatic rings. The molecule has 1 spiro atoms. The zero-order valence-corrected chi connectivity index (χ0v) is 23.8. The van der Waals surface area contributed by atoms with Crippen LogP contribution in [0.2, 0.25) is 0 Å². The van der Waals surface area contributed by atoms with E-state index in [-0.39, 0.29) is 0 Å². The number of nitrogens with zero attached hydrogens (tertiary/aromatic N) is 4. The predicted molar refractivity (Wildman–Crippen MR) is 176 cm³/mol. The van der Waals surface area contributed by atoms with Crippen molar-refractivity contribution in [3.63, 3.8) is 0 Å². The standard InChI is InChI=1S/C40H26N4/c1-3-15-27(16-4-1)39-42-37(33-23-13-14-26-41-33)36-29-19-7-8-20-30(29)40(38(36)43-39)31-21-9-11-24-34(31)44(28-17-5-2-6-18-28)35-25-12-10-22-32(35)40/h1-26H. The third-order valence-corrected chi connectivity index (χ3v) is 8.92. The maximum absolute atomic E-state index is 5.54. The molecule has 3 heterocycles. The maximum atomic E-state index is 5.54. The van der Waals surface area contributed by atoms with E-state index in [0.717, 1.165) is 50.8 Å². The lowest BCUT2D eigenvalue weighted by Crippen LogP contribution is -2.37. The summed E-state index contributed by atoms with van der Waals surface area (Å²) in [4.78, 5) is 18.0. The molecule has 4 heteroatoms. The van der Waals surface area contributed by atoms with E-state index in [1.807, 2.05) is 42.6 Å². The summed E-state index contributed by atoms with van der Waals surface area (Å²) in [6, 6.07) is 53.3. The molecule has 4 nitrogen and oxygen atoms in total. The average molecular weight is 563 g/mol. The summed E-state index contributed by atoms with van der Waals surface area (Å²) in [6.45, 7) is 0.